The van der Waals surface area contributed by atoms with E-state index in [0.717, 1.165) is 11.1 Å². The van der Waals surface area contributed by atoms with E-state index in [-0.39, 0.29) is 27.7 Å². The molecule has 1 fully saturated rings. The molecule has 2 heterocycles. The molecule has 0 saturated carbocycles. The summed E-state index contributed by atoms with van der Waals surface area (Å²) in [6.45, 7) is 2.18. The third kappa shape index (κ3) is 3.58. The number of benzene rings is 1. The molecule has 1 aromatic carbocycles. The van der Waals surface area contributed by atoms with Gasteiger partial charge in [0.15, 0.2) is 0 Å². The van der Waals surface area contributed by atoms with Crippen LogP contribution in [0.4, 0.5) is 4.79 Å². The lowest BCUT2D eigenvalue weighted by Gasteiger charge is -2.32. The van der Waals surface area contributed by atoms with Crippen LogP contribution in [0, 0.1) is 0 Å². The Morgan fingerprint density at radius 1 is 1.23 bits per heavy atom. The van der Waals surface area contributed by atoms with E-state index in [1.807, 2.05) is 0 Å². The van der Waals surface area contributed by atoms with Crippen LogP contribution in [0.5, 0.6) is 0 Å². The second kappa shape index (κ2) is 7.46. The molecule has 9 nitrogen and oxygen atoms in total. The molecule has 11 heteroatoms. The number of carbonyl (C=O) groups is 2. The van der Waals surface area contributed by atoms with Gasteiger partial charge in [0.1, 0.15) is 5.69 Å². The quantitative estimate of drug-likeness (QED) is 0.768. The zero-order chi connectivity index (χ0) is 18.8. The second-order valence-corrected chi connectivity index (χ2v) is 6.74. The number of tetrazole rings is 1. The lowest BCUT2D eigenvalue weighted by molar-refractivity contribution is -0.119. The van der Waals surface area contributed by atoms with Crippen molar-refractivity contribution in [2.45, 2.75) is 25.8 Å². The van der Waals surface area contributed by atoms with Crippen LogP contribution in [-0.2, 0) is 4.79 Å². The number of para-hydroxylation sites is 1. The molecule has 1 aromatic heterocycles. The van der Waals surface area contributed by atoms with Crippen molar-refractivity contribution in [1.82, 2.24) is 30.0 Å². The predicted molar refractivity (Wildman–Crippen MR) is 94.8 cm³/mol. The van der Waals surface area contributed by atoms with Gasteiger partial charge in [-0.25, -0.2) is 9.59 Å². The summed E-state index contributed by atoms with van der Waals surface area (Å²) in [5.41, 5.74) is -0.610. The first-order chi connectivity index (χ1) is 12.4. The van der Waals surface area contributed by atoms with Crippen LogP contribution in [0.15, 0.2) is 23.0 Å². The number of amides is 2. The summed E-state index contributed by atoms with van der Waals surface area (Å²) in [6.07, 6.45) is 1.47. The summed E-state index contributed by atoms with van der Waals surface area (Å²) in [5, 5.41) is 10.6. The first-order valence-electron chi connectivity index (χ1n) is 7.94. The summed E-state index contributed by atoms with van der Waals surface area (Å²) in [4.78, 5) is 37.9. The minimum atomic E-state index is -0.772. The molecule has 0 bridgehead atoms. The summed E-state index contributed by atoms with van der Waals surface area (Å²) < 4.78 is 1.55. The van der Waals surface area contributed by atoms with Crippen molar-refractivity contribution in [3.63, 3.8) is 0 Å². The van der Waals surface area contributed by atoms with Gasteiger partial charge in [-0.1, -0.05) is 29.3 Å². The number of hydrogen-bond donors (Lipinski definition) is 1. The monoisotopic (exact) mass is 398 g/mol. The Hall–Kier alpha value is -2.39. The van der Waals surface area contributed by atoms with E-state index >= 15 is 0 Å². The highest BCUT2D eigenvalue weighted by atomic mass is 35.5. The molecular weight excluding hydrogens is 383 g/mol. The van der Waals surface area contributed by atoms with Gasteiger partial charge >= 0.3 is 11.7 Å². The number of aromatic nitrogens is 4. The second-order valence-electron chi connectivity index (χ2n) is 5.92. The van der Waals surface area contributed by atoms with Crippen molar-refractivity contribution >= 4 is 35.1 Å². The van der Waals surface area contributed by atoms with Crippen molar-refractivity contribution in [3.8, 4) is 5.69 Å². The fraction of sp³-hybridized carbons (Fsp3) is 0.400. The number of likely N-dealkylation sites (tertiary alicyclic amines) is 1. The van der Waals surface area contributed by atoms with Gasteiger partial charge < -0.3 is 10.2 Å². The lowest BCUT2D eigenvalue weighted by atomic mass is 10.1. The van der Waals surface area contributed by atoms with Gasteiger partial charge in [0, 0.05) is 26.1 Å². The van der Waals surface area contributed by atoms with Gasteiger partial charge in [0.05, 0.1) is 10.0 Å². The maximum atomic E-state index is 12.7. The highest BCUT2D eigenvalue weighted by Crippen LogP contribution is 2.26. The fourth-order valence-electron chi connectivity index (χ4n) is 2.89. The highest BCUT2D eigenvalue weighted by molar-refractivity contribution is 6.37. The number of nitrogens with one attached hydrogen (secondary N) is 1. The molecule has 0 aliphatic carbocycles. The van der Waals surface area contributed by atoms with Gasteiger partial charge in [0.2, 0.25) is 5.91 Å². The Balaban J connectivity index is 1.87. The van der Waals surface area contributed by atoms with Gasteiger partial charge in [-0.3, -0.25) is 4.79 Å². The largest absolute Gasteiger partial charge is 0.377 e. The van der Waals surface area contributed by atoms with E-state index in [1.165, 1.54) is 11.8 Å². The minimum absolute atomic E-state index is 0.158. The number of halogens is 2. The van der Waals surface area contributed by atoms with E-state index in [1.54, 1.807) is 18.2 Å². The molecule has 26 heavy (non-hydrogen) atoms. The standard InChI is InChI=1S/C15H16Cl2N6O3/c1-9(24)18-10-4-3-7-21(8-10)14(25)23-15(26)22(19-20-23)13-11(16)5-2-6-12(13)17/h2,5-6,10H,3-4,7-8H2,1H3,(H,18,24). The zero-order valence-electron chi connectivity index (χ0n) is 13.9. The molecule has 2 amide bonds. The fourth-order valence-corrected chi connectivity index (χ4v) is 3.45. The molecule has 1 atom stereocenters. The van der Waals surface area contributed by atoms with Gasteiger partial charge in [-0.2, -0.15) is 4.68 Å². The van der Waals surface area contributed by atoms with E-state index < -0.39 is 11.7 Å². The molecule has 138 valence electrons. The molecule has 1 saturated heterocycles. The summed E-state index contributed by atoms with van der Waals surface area (Å²) >= 11 is 12.2. The molecule has 1 aliphatic heterocycles. The topological polar surface area (TPSA) is 102 Å². The van der Waals surface area contributed by atoms with Gasteiger partial charge in [-0.05, 0) is 35.4 Å². The van der Waals surface area contributed by atoms with Crippen LogP contribution in [0.2, 0.25) is 10.0 Å². The summed E-state index contributed by atoms with van der Waals surface area (Å²) in [7, 11) is 0. The average molecular weight is 399 g/mol. The van der Waals surface area contributed by atoms with E-state index in [4.69, 9.17) is 23.2 Å². The van der Waals surface area contributed by atoms with Crippen molar-refractivity contribution in [1.29, 1.82) is 0 Å². The van der Waals surface area contributed by atoms with Crippen LogP contribution in [0.3, 0.4) is 0 Å². The number of carbonyl (C=O) groups excluding carboxylic acids is 2. The highest BCUT2D eigenvalue weighted by Gasteiger charge is 2.28. The molecule has 0 radical (unpaired) electrons. The Morgan fingerprint density at radius 2 is 1.92 bits per heavy atom. The Labute approximate surface area is 158 Å². The maximum absolute atomic E-state index is 12.7. The van der Waals surface area contributed by atoms with Crippen LogP contribution in [0.1, 0.15) is 19.8 Å². The smallest absolute Gasteiger partial charge is 0.352 e. The summed E-state index contributed by atoms with van der Waals surface area (Å²) in [6, 6.07) is 3.97. The Bertz CT molecular complexity index is 889. The number of rotatable bonds is 2. The zero-order valence-corrected chi connectivity index (χ0v) is 15.4. The Morgan fingerprint density at radius 3 is 2.58 bits per heavy atom. The molecule has 1 N–H and O–H groups in total. The molecular formula is C15H16Cl2N6O3. The first kappa shape index (κ1) is 18.4. The average Bonchev–Trinajstić information content (AvgIpc) is 2.95. The summed E-state index contributed by atoms with van der Waals surface area (Å²) in [5.74, 6) is -0.166. The molecule has 3 rings (SSSR count). The van der Waals surface area contributed by atoms with Crippen molar-refractivity contribution in [3.05, 3.63) is 38.7 Å². The maximum Gasteiger partial charge on any atom is 0.377 e. The van der Waals surface area contributed by atoms with Crippen LogP contribution in [-0.4, -0.2) is 55.8 Å². The predicted octanol–water partition coefficient (Wildman–Crippen LogP) is 1.30. The SMILES string of the molecule is CC(=O)NC1CCCN(C(=O)n2nnn(-c3c(Cl)cccc3Cl)c2=O)C1. The first-order valence-corrected chi connectivity index (χ1v) is 8.70. The number of piperidine rings is 1. The third-order valence-electron chi connectivity index (χ3n) is 4.01. The molecule has 1 unspecified atom stereocenters. The van der Waals surface area contributed by atoms with Crippen molar-refractivity contribution in [2.75, 3.05) is 13.1 Å². The van der Waals surface area contributed by atoms with Gasteiger partial charge in [0.25, 0.3) is 0 Å². The van der Waals surface area contributed by atoms with Crippen LogP contribution in [0.25, 0.3) is 5.69 Å². The van der Waals surface area contributed by atoms with Crippen LogP contribution >= 0.6 is 23.2 Å². The molecule has 0 spiro atoms. The van der Waals surface area contributed by atoms with Crippen molar-refractivity contribution in [2.24, 2.45) is 0 Å². The molecule has 1 aliphatic rings. The van der Waals surface area contributed by atoms with E-state index in [0.29, 0.717) is 24.2 Å². The van der Waals surface area contributed by atoms with Crippen LogP contribution < -0.4 is 11.0 Å². The lowest BCUT2D eigenvalue weighted by Crippen LogP contribution is -2.51. The van der Waals surface area contributed by atoms with Gasteiger partial charge in [-0.15, -0.1) is 4.68 Å². The Kier molecular flexibility index (Phi) is 5.28. The third-order valence-corrected chi connectivity index (χ3v) is 4.62. The van der Waals surface area contributed by atoms with E-state index in [9.17, 15) is 14.4 Å². The number of nitrogens with zero attached hydrogens (tertiary/aromatic N) is 5. The number of hydrogen-bond acceptors (Lipinski definition) is 5. The van der Waals surface area contributed by atoms with E-state index in [2.05, 4.69) is 15.7 Å². The molecule has 2 aromatic rings. The van der Waals surface area contributed by atoms with Crippen molar-refractivity contribution < 1.29 is 9.59 Å². The normalized spacial score (nSPS) is 17.2. The minimum Gasteiger partial charge on any atom is -0.352 e.